The van der Waals surface area contributed by atoms with Crippen LogP contribution in [0.25, 0.3) is 0 Å². The molecule has 0 fully saturated rings. The van der Waals surface area contributed by atoms with E-state index in [1.165, 1.54) is 12.1 Å². The average Bonchev–Trinajstić information content (AvgIpc) is 2.62. The molecule has 0 amide bonds. The summed E-state index contributed by atoms with van der Waals surface area (Å²) in [5.74, 6) is -6.94. The zero-order valence-corrected chi connectivity index (χ0v) is 14.4. The Morgan fingerprint density at radius 2 is 1.00 bits per heavy atom. The van der Waals surface area contributed by atoms with Crippen LogP contribution in [0.5, 0.6) is 0 Å². The molecule has 12 heteroatoms. The van der Waals surface area contributed by atoms with E-state index in [-0.39, 0.29) is 11.1 Å². The number of isocyanates is 4. The van der Waals surface area contributed by atoms with E-state index < -0.39 is 23.6 Å². The highest BCUT2D eigenvalue weighted by molar-refractivity contribution is 6.03. The second-order valence-electron chi connectivity index (χ2n) is 5.00. The smallest absolute Gasteiger partial charge is 0.342 e. The van der Waals surface area contributed by atoms with E-state index in [0.717, 1.165) is 50.3 Å². The summed E-state index contributed by atoms with van der Waals surface area (Å²) < 4.78 is 9.69. The molecule has 0 aliphatic rings. The third-order valence-electron chi connectivity index (χ3n) is 2.95. The van der Waals surface area contributed by atoms with Crippen LogP contribution in [0.2, 0.25) is 0 Å². The Bertz CT molecular complexity index is 863. The van der Waals surface area contributed by atoms with Crippen LogP contribution in [0.1, 0.15) is 34.6 Å². The van der Waals surface area contributed by atoms with Gasteiger partial charge < -0.3 is 9.47 Å². The molecule has 0 radical (unpaired) electrons. The Balaban J connectivity index is 3.29. The average molecular weight is 386 g/mol. The van der Waals surface area contributed by atoms with Crippen LogP contribution < -0.4 is 0 Å². The molecule has 0 aliphatic heterocycles. The van der Waals surface area contributed by atoms with Gasteiger partial charge in [0, 0.05) is 13.8 Å². The van der Waals surface area contributed by atoms with Crippen molar-refractivity contribution in [3.63, 3.8) is 0 Å². The van der Waals surface area contributed by atoms with E-state index in [4.69, 9.17) is 9.47 Å². The fourth-order valence-corrected chi connectivity index (χ4v) is 1.78. The molecule has 0 aromatic heterocycles. The molecule has 0 spiro atoms. The minimum atomic E-state index is -2.25. The maximum Gasteiger partial charge on any atom is 0.342 e. The van der Waals surface area contributed by atoms with Crippen molar-refractivity contribution in [1.29, 1.82) is 0 Å². The first-order valence-corrected chi connectivity index (χ1v) is 7.16. The molecule has 1 aromatic rings. The first kappa shape index (κ1) is 21.7. The number of benzene rings is 1. The highest BCUT2D eigenvalue weighted by Gasteiger charge is 2.33. The van der Waals surface area contributed by atoms with Gasteiger partial charge in [-0.25, -0.2) is 28.8 Å². The summed E-state index contributed by atoms with van der Waals surface area (Å²) in [6, 6.07) is 5.03. The molecule has 28 heavy (non-hydrogen) atoms. The van der Waals surface area contributed by atoms with Gasteiger partial charge in [-0.1, -0.05) is 12.1 Å². The third kappa shape index (κ3) is 5.60. The SMILES string of the molecule is CC(N=C=O)(N=C=O)OC(=O)c1ccccc1C(=O)OC(C)(N=C=O)N=C=O. The quantitative estimate of drug-likeness (QED) is 0.357. The lowest BCUT2D eigenvalue weighted by Crippen LogP contribution is -2.30. The Labute approximate surface area is 156 Å². The van der Waals surface area contributed by atoms with Gasteiger partial charge in [-0.3, -0.25) is 0 Å². The first-order valence-electron chi connectivity index (χ1n) is 7.16. The molecule has 1 aromatic carbocycles. The van der Waals surface area contributed by atoms with Crippen LogP contribution in [-0.2, 0) is 28.7 Å². The summed E-state index contributed by atoms with van der Waals surface area (Å²) >= 11 is 0. The van der Waals surface area contributed by atoms with Crippen LogP contribution in [0.4, 0.5) is 0 Å². The third-order valence-corrected chi connectivity index (χ3v) is 2.95. The van der Waals surface area contributed by atoms with Gasteiger partial charge in [-0.15, -0.1) is 20.0 Å². The van der Waals surface area contributed by atoms with Crippen LogP contribution in [0.3, 0.4) is 0 Å². The fourth-order valence-electron chi connectivity index (χ4n) is 1.78. The number of nitrogens with zero attached hydrogens (tertiary/aromatic N) is 4. The van der Waals surface area contributed by atoms with Crippen molar-refractivity contribution in [2.75, 3.05) is 0 Å². The number of rotatable bonds is 8. The molecule has 0 saturated heterocycles. The van der Waals surface area contributed by atoms with Gasteiger partial charge in [0.1, 0.15) is 0 Å². The van der Waals surface area contributed by atoms with Gasteiger partial charge in [0.15, 0.2) is 0 Å². The van der Waals surface area contributed by atoms with E-state index in [2.05, 4.69) is 20.0 Å². The summed E-state index contributed by atoms with van der Waals surface area (Å²) in [4.78, 5) is 78.8. The number of esters is 2. The van der Waals surface area contributed by atoms with Gasteiger partial charge >= 0.3 is 23.6 Å². The Morgan fingerprint density at radius 1 is 0.714 bits per heavy atom. The fraction of sp³-hybridized carbons (Fsp3) is 0.250. The monoisotopic (exact) mass is 386 g/mol. The zero-order chi connectivity index (χ0) is 21.2. The van der Waals surface area contributed by atoms with Crippen molar-refractivity contribution < 1.29 is 38.2 Å². The predicted octanol–water partition coefficient (Wildman–Crippen LogP) is 0.691. The number of ether oxygens (including phenoxy) is 2. The Morgan fingerprint density at radius 3 is 1.25 bits per heavy atom. The van der Waals surface area contributed by atoms with E-state index in [1.54, 1.807) is 0 Å². The van der Waals surface area contributed by atoms with Gasteiger partial charge in [-0.2, -0.15) is 0 Å². The summed E-state index contributed by atoms with van der Waals surface area (Å²) in [5, 5.41) is 0. The first-order chi connectivity index (χ1) is 13.2. The lowest BCUT2D eigenvalue weighted by Gasteiger charge is -2.19. The van der Waals surface area contributed by atoms with Gasteiger partial charge in [0.25, 0.3) is 0 Å². The lowest BCUT2D eigenvalue weighted by molar-refractivity contribution is -0.00606. The molecule has 0 bridgehead atoms. The lowest BCUT2D eigenvalue weighted by atomic mass is 10.1. The Hall–Kier alpha value is -4.32. The van der Waals surface area contributed by atoms with E-state index in [0.29, 0.717) is 0 Å². The second-order valence-corrected chi connectivity index (χ2v) is 5.00. The maximum atomic E-state index is 12.4. The van der Waals surface area contributed by atoms with Crippen molar-refractivity contribution in [2.45, 2.75) is 25.5 Å². The Kier molecular flexibility index (Phi) is 7.29. The molecule has 1 rings (SSSR count). The maximum absolute atomic E-state index is 12.4. The van der Waals surface area contributed by atoms with Crippen LogP contribution >= 0.6 is 0 Å². The minimum Gasteiger partial charge on any atom is -0.411 e. The van der Waals surface area contributed by atoms with E-state index >= 15 is 0 Å². The van der Waals surface area contributed by atoms with Crippen molar-refractivity contribution >= 4 is 36.3 Å². The highest BCUT2D eigenvalue weighted by atomic mass is 16.6. The molecule has 0 heterocycles. The molecule has 0 saturated carbocycles. The van der Waals surface area contributed by atoms with Crippen LogP contribution in [-0.4, -0.2) is 48.0 Å². The molecular weight excluding hydrogens is 376 g/mol. The van der Waals surface area contributed by atoms with Gasteiger partial charge in [-0.05, 0) is 12.1 Å². The second kappa shape index (κ2) is 9.40. The number of aliphatic imine (C=N–C) groups is 4. The molecule has 142 valence electrons. The standard InChI is InChI=1S/C16H10N4O8/c1-15(17-7-21,18-8-22)27-13(25)11-5-3-4-6-12(11)14(26)28-16(2,19-9-23)20-10-24/h3-6H,1-2H3. The molecule has 12 nitrogen and oxygen atoms in total. The number of carbonyl (C=O) groups excluding carboxylic acids is 6. The van der Waals surface area contributed by atoms with E-state index in [9.17, 15) is 28.8 Å². The summed E-state index contributed by atoms with van der Waals surface area (Å²) in [6.07, 6.45) is 4.33. The van der Waals surface area contributed by atoms with Gasteiger partial charge in [0.05, 0.1) is 11.1 Å². The van der Waals surface area contributed by atoms with Gasteiger partial charge in [0.2, 0.25) is 24.3 Å². The number of hydrogen-bond donors (Lipinski definition) is 0. The molecule has 0 aliphatic carbocycles. The summed E-state index contributed by atoms with van der Waals surface area (Å²) in [6.45, 7) is 1.99. The predicted molar refractivity (Wildman–Crippen MR) is 86.6 cm³/mol. The van der Waals surface area contributed by atoms with Crippen molar-refractivity contribution in [2.24, 2.45) is 20.0 Å². The van der Waals surface area contributed by atoms with E-state index in [1.807, 2.05) is 0 Å². The normalized spacial score (nSPS) is 13.5. The number of hydrogen-bond acceptors (Lipinski definition) is 12. The molecule has 0 N–H and O–H groups in total. The van der Waals surface area contributed by atoms with Crippen LogP contribution in [0.15, 0.2) is 44.2 Å². The van der Waals surface area contributed by atoms with Crippen molar-refractivity contribution in [3.8, 4) is 0 Å². The summed E-state index contributed by atoms with van der Waals surface area (Å²) in [7, 11) is 0. The summed E-state index contributed by atoms with van der Waals surface area (Å²) in [5.41, 5.74) is -0.762. The zero-order valence-electron chi connectivity index (χ0n) is 14.4. The van der Waals surface area contributed by atoms with Crippen molar-refractivity contribution in [3.05, 3.63) is 35.4 Å². The molecule has 0 unspecified atom stereocenters. The topological polar surface area (TPSA) is 170 Å². The largest absolute Gasteiger partial charge is 0.411 e. The molecule has 0 atom stereocenters. The number of carbonyl (C=O) groups is 2. The minimum absolute atomic E-state index is 0.381. The van der Waals surface area contributed by atoms with Crippen LogP contribution in [0, 0.1) is 0 Å². The highest BCUT2D eigenvalue weighted by Crippen LogP contribution is 2.21. The molecular formula is C16H10N4O8. The van der Waals surface area contributed by atoms with Crippen molar-refractivity contribution in [1.82, 2.24) is 0 Å².